The fraction of sp³-hybridized carbons (Fsp3) is 0.524. The van der Waals surface area contributed by atoms with E-state index in [0.29, 0.717) is 24.8 Å². The van der Waals surface area contributed by atoms with Crippen molar-refractivity contribution in [1.29, 1.82) is 0 Å². The number of ether oxygens (including phenoxy) is 1. The number of aromatic nitrogens is 1. The molecule has 0 spiro atoms. The van der Waals surface area contributed by atoms with E-state index >= 15 is 0 Å². The summed E-state index contributed by atoms with van der Waals surface area (Å²) in [6.45, 7) is 7.56. The average molecular weight is 405 g/mol. The number of pyridine rings is 1. The topological polar surface area (TPSA) is 60.6 Å². The van der Waals surface area contributed by atoms with E-state index in [0.717, 1.165) is 47.1 Å². The second kappa shape index (κ2) is 10.5. The Hall–Kier alpha value is -1.96. The van der Waals surface area contributed by atoms with Crippen molar-refractivity contribution in [2.75, 3.05) is 47.4 Å². The van der Waals surface area contributed by atoms with E-state index in [-0.39, 0.29) is 5.56 Å². The molecule has 0 unspecified atom stereocenters. The van der Waals surface area contributed by atoms with Crippen LogP contribution in [0.5, 0.6) is 0 Å². The minimum absolute atomic E-state index is 0.0604. The van der Waals surface area contributed by atoms with E-state index in [9.17, 15) is 4.79 Å². The number of thiocarbonyl (C=S) groups is 1. The van der Waals surface area contributed by atoms with Crippen LogP contribution in [-0.4, -0.2) is 67.3 Å². The van der Waals surface area contributed by atoms with Crippen molar-refractivity contribution in [2.24, 2.45) is 0 Å². The summed E-state index contributed by atoms with van der Waals surface area (Å²) < 4.78 is 5.09. The van der Waals surface area contributed by atoms with Gasteiger partial charge in [-0.25, -0.2) is 0 Å². The lowest BCUT2D eigenvalue weighted by Crippen LogP contribution is -2.42. The molecule has 0 aliphatic rings. The summed E-state index contributed by atoms with van der Waals surface area (Å²) in [5.41, 5.74) is 3.84. The van der Waals surface area contributed by atoms with Gasteiger partial charge in [0.05, 0.1) is 13.2 Å². The molecule has 0 fully saturated rings. The molecule has 0 saturated heterocycles. The first kappa shape index (κ1) is 22.3. The number of fused-ring (bicyclic) bond motifs is 1. The van der Waals surface area contributed by atoms with Gasteiger partial charge < -0.3 is 24.8 Å². The SMILES string of the molecule is COCCNC(=S)N(CCCN(C)C)Cc1cc2c(C)cc(C)cc2[nH]c1=O. The van der Waals surface area contributed by atoms with Crippen LogP contribution in [0, 0.1) is 13.8 Å². The first-order chi connectivity index (χ1) is 13.3. The van der Waals surface area contributed by atoms with Gasteiger partial charge in [0, 0.05) is 36.7 Å². The van der Waals surface area contributed by atoms with Crippen molar-refractivity contribution >= 4 is 28.2 Å². The van der Waals surface area contributed by atoms with Gasteiger partial charge in [-0.1, -0.05) is 6.07 Å². The summed E-state index contributed by atoms with van der Waals surface area (Å²) in [4.78, 5) is 19.9. The molecule has 0 atom stereocenters. The molecule has 0 aliphatic carbocycles. The number of rotatable bonds is 9. The number of aromatic amines is 1. The maximum atomic E-state index is 12.7. The first-order valence-electron chi connectivity index (χ1n) is 9.61. The van der Waals surface area contributed by atoms with Gasteiger partial charge >= 0.3 is 0 Å². The van der Waals surface area contributed by atoms with Gasteiger partial charge in [0.15, 0.2) is 5.11 Å². The molecular formula is C21H32N4O2S. The van der Waals surface area contributed by atoms with Gasteiger partial charge in [-0.05, 0) is 76.4 Å². The third kappa shape index (κ3) is 6.29. The van der Waals surface area contributed by atoms with Gasteiger partial charge in [0.1, 0.15) is 0 Å². The highest BCUT2D eigenvalue weighted by atomic mass is 32.1. The van der Waals surface area contributed by atoms with Crippen molar-refractivity contribution < 1.29 is 4.74 Å². The molecule has 0 amide bonds. The molecule has 0 saturated carbocycles. The van der Waals surface area contributed by atoms with Gasteiger partial charge in [-0.2, -0.15) is 0 Å². The van der Waals surface area contributed by atoms with E-state index in [1.165, 1.54) is 0 Å². The van der Waals surface area contributed by atoms with Gasteiger partial charge in [0.2, 0.25) is 0 Å². The Morgan fingerprint density at radius 1 is 1.21 bits per heavy atom. The molecule has 0 bridgehead atoms. The standard InChI is InChI=1S/C21H32N4O2S/c1-15-11-16(2)18-13-17(20(26)23-19(18)12-15)14-25(9-6-8-24(3)4)21(28)22-7-10-27-5/h11-13H,6-10,14H2,1-5H3,(H,22,28)(H,23,26). The number of hydrogen-bond acceptors (Lipinski definition) is 4. The summed E-state index contributed by atoms with van der Waals surface area (Å²) in [6.07, 6.45) is 0.961. The van der Waals surface area contributed by atoms with Crippen LogP contribution < -0.4 is 10.9 Å². The molecule has 7 heteroatoms. The van der Waals surface area contributed by atoms with Crippen molar-refractivity contribution in [3.8, 4) is 0 Å². The Labute approximate surface area is 172 Å². The molecule has 0 aliphatic heterocycles. The largest absolute Gasteiger partial charge is 0.383 e. The van der Waals surface area contributed by atoms with Crippen LogP contribution in [0.25, 0.3) is 10.9 Å². The third-order valence-corrected chi connectivity index (χ3v) is 5.06. The van der Waals surface area contributed by atoms with E-state index in [1.807, 2.05) is 19.1 Å². The highest BCUT2D eigenvalue weighted by Gasteiger charge is 2.14. The van der Waals surface area contributed by atoms with Crippen molar-refractivity contribution in [1.82, 2.24) is 20.1 Å². The highest BCUT2D eigenvalue weighted by molar-refractivity contribution is 7.80. The number of aryl methyl sites for hydroxylation is 2. The minimum Gasteiger partial charge on any atom is -0.383 e. The smallest absolute Gasteiger partial charge is 0.253 e. The fourth-order valence-corrected chi connectivity index (χ4v) is 3.50. The molecule has 28 heavy (non-hydrogen) atoms. The maximum absolute atomic E-state index is 12.7. The fourth-order valence-electron chi connectivity index (χ4n) is 3.24. The van der Waals surface area contributed by atoms with E-state index in [2.05, 4.69) is 47.2 Å². The van der Waals surface area contributed by atoms with Crippen molar-refractivity contribution in [3.63, 3.8) is 0 Å². The molecule has 2 aromatic rings. The summed E-state index contributed by atoms with van der Waals surface area (Å²) in [5.74, 6) is 0. The quantitative estimate of drug-likeness (QED) is 0.494. The molecule has 6 nitrogen and oxygen atoms in total. The molecular weight excluding hydrogens is 372 g/mol. The van der Waals surface area contributed by atoms with Crippen LogP contribution in [-0.2, 0) is 11.3 Å². The van der Waals surface area contributed by atoms with Gasteiger partial charge in [-0.15, -0.1) is 0 Å². The zero-order chi connectivity index (χ0) is 20.7. The minimum atomic E-state index is -0.0604. The van der Waals surface area contributed by atoms with E-state index in [1.54, 1.807) is 7.11 Å². The molecule has 154 valence electrons. The normalized spacial score (nSPS) is 11.2. The molecule has 2 rings (SSSR count). The second-order valence-electron chi connectivity index (χ2n) is 7.47. The highest BCUT2D eigenvalue weighted by Crippen LogP contribution is 2.19. The van der Waals surface area contributed by atoms with Crippen LogP contribution in [0.3, 0.4) is 0 Å². The zero-order valence-corrected chi connectivity index (χ0v) is 18.4. The summed E-state index contributed by atoms with van der Waals surface area (Å²) in [5, 5.41) is 4.95. The Balaban J connectivity index is 2.24. The Kier molecular flexibility index (Phi) is 8.41. The number of methoxy groups -OCH3 is 1. The van der Waals surface area contributed by atoms with Crippen molar-refractivity contribution in [3.05, 3.63) is 45.2 Å². The predicted molar refractivity (Wildman–Crippen MR) is 120 cm³/mol. The van der Waals surface area contributed by atoms with Crippen LogP contribution in [0.2, 0.25) is 0 Å². The molecule has 2 N–H and O–H groups in total. The number of nitrogens with one attached hydrogen (secondary N) is 2. The van der Waals surface area contributed by atoms with E-state index < -0.39 is 0 Å². The zero-order valence-electron chi connectivity index (χ0n) is 17.6. The number of benzene rings is 1. The first-order valence-corrected chi connectivity index (χ1v) is 10.0. The van der Waals surface area contributed by atoms with Crippen LogP contribution >= 0.6 is 12.2 Å². The van der Waals surface area contributed by atoms with Gasteiger partial charge in [-0.3, -0.25) is 4.79 Å². The molecule has 1 heterocycles. The number of nitrogens with zero attached hydrogens (tertiary/aromatic N) is 2. The van der Waals surface area contributed by atoms with Gasteiger partial charge in [0.25, 0.3) is 5.56 Å². The van der Waals surface area contributed by atoms with E-state index in [4.69, 9.17) is 17.0 Å². The van der Waals surface area contributed by atoms with Crippen LogP contribution in [0.1, 0.15) is 23.1 Å². The Bertz CT molecular complexity index is 863. The monoisotopic (exact) mass is 404 g/mol. The Morgan fingerprint density at radius 3 is 2.64 bits per heavy atom. The molecule has 0 radical (unpaired) electrons. The lowest BCUT2D eigenvalue weighted by molar-refractivity contribution is 0.202. The third-order valence-electron chi connectivity index (χ3n) is 4.65. The van der Waals surface area contributed by atoms with Crippen LogP contribution in [0.15, 0.2) is 23.0 Å². The molecule has 1 aromatic carbocycles. The van der Waals surface area contributed by atoms with Crippen LogP contribution in [0.4, 0.5) is 0 Å². The summed E-state index contributed by atoms with van der Waals surface area (Å²) >= 11 is 5.58. The Morgan fingerprint density at radius 2 is 1.96 bits per heavy atom. The molecule has 1 aromatic heterocycles. The number of hydrogen-bond donors (Lipinski definition) is 2. The second-order valence-corrected chi connectivity index (χ2v) is 7.86. The summed E-state index contributed by atoms with van der Waals surface area (Å²) in [6, 6.07) is 6.15. The number of H-pyrrole nitrogens is 1. The average Bonchev–Trinajstić information content (AvgIpc) is 2.61. The lowest BCUT2D eigenvalue weighted by atomic mass is 10.0. The predicted octanol–water partition coefficient (Wildman–Crippen LogP) is 2.42. The lowest BCUT2D eigenvalue weighted by Gasteiger charge is -2.26. The summed E-state index contributed by atoms with van der Waals surface area (Å²) in [7, 11) is 5.77. The van der Waals surface area contributed by atoms with Crippen molar-refractivity contribution in [2.45, 2.75) is 26.8 Å². The maximum Gasteiger partial charge on any atom is 0.253 e.